The molecule has 1 amide bonds. The van der Waals surface area contributed by atoms with Gasteiger partial charge in [0.2, 0.25) is 5.91 Å². The molecule has 0 saturated heterocycles. The van der Waals surface area contributed by atoms with Gasteiger partial charge >= 0.3 is 5.97 Å². The van der Waals surface area contributed by atoms with Gasteiger partial charge in [-0.3, -0.25) is 4.79 Å². The normalized spacial score (nSPS) is 10.2. The molecule has 2 rings (SSSR count). The predicted molar refractivity (Wildman–Crippen MR) is 75.0 cm³/mol. The Hall–Kier alpha value is -3.29. The number of hydrogen-bond donors (Lipinski definition) is 5. The van der Waals surface area contributed by atoms with Gasteiger partial charge in [0.1, 0.15) is 23.1 Å². The van der Waals surface area contributed by atoms with Crippen LogP contribution in [0.4, 0.5) is 5.82 Å². The summed E-state index contributed by atoms with van der Waals surface area (Å²) in [7, 11) is 0. The maximum absolute atomic E-state index is 11.8. The Morgan fingerprint density at radius 3 is 2.23 bits per heavy atom. The zero-order chi connectivity index (χ0) is 16.3. The lowest BCUT2D eigenvalue weighted by molar-refractivity contribution is -0.115. The molecular formula is C14H12N2O6. The van der Waals surface area contributed by atoms with Gasteiger partial charge in [0.05, 0.1) is 12.0 Å². The lowest BCUT2D eigenvalue weighted by Gasteiger charge is -2.08. The Morgan fingerprint density at radius 2 is 1.73 bits per heavy atom. The van der Waals surface area contributed by atoms with E-state index >= 15 is 0 Å². The molecule has 1 heterocycles. The molecule has 2 aromatic rings. The molecule has 8 heteroatoms. The largest absolute Gasteiger partial charge is 0.508 e. The number of amides is 1. The smallest absolute Gasteiger partial charge is 0.337 e. The van der Waals surface area contributed by atoms with Crippen LogP contribution < -0.4 is 5.32 Å². The number of aromatic nitrogens is 1. The number of carbonyl (C=O) groups is 2. The third kappa shape index (κ3) is 3.42. The molecule has 0 spiro atoms. The average molecular weight is 304 g/mol. The number of aromatic carboxylic acids is 1. The minimum absolute atomic E-state index is 0.0215. The standard InChI is InChI=1S/C14H12N2O6/c17-8-3-10(18)9(11(19)4-8)5-13(20)16-12-2-1-7(6-15-12)14(21)22/h1-4,6,17-19H,5H2,(H,21,22)(H,15,16,20). The Kier molecular flexibility index (Phi) is 4.12. The second-order valence-electron chi connectivity index (χ2n) is 4.42. The first kappa shape index (κ1) is 15.1. The van der Waals surface area contributed by atoms with Crippen LogP contribution in [-0.4, -0.2) is 37.3 Å². The van der Waals surface area contributed by atoms with Crippen molar-refractivity contribution in [3.63, 3.8) is 0 Å². The number of anilines is 1. The van der Waals surface area contributed by atoms with Crippen molar-refractivity contribution in [1.82, 2.24) is 4.98 Å². The molecule has 0 unspecified atom stereocenters. The summed E-state index contributed by atoms with van der Waals surface area (Å²) < 4.78 is 0. The summed E-state index contributed by atoms with van der Waals surface area (Å²) >= 11 is 0. The number of rotatable bonds is 4. The van der Waals surface area contributed by atoms with Crippen molar-refractivity contribution < 1.29 is 30.0 Å². The lowest BCUT2D eigenvalue weighted by atomic mass is 10.1. The van der Waals surface area contributed by atoms with E-state index < -0.39 is 23.4 Å². The maximum atomic E-state index is 11.8. The van der Waals surface area contributed by atoms with Gasteiger partial charge in [-0.25, -0.2) is 9.78 Å². The minimum Gasteiger partial charge on any atom is -0.508 e. The van der Waals surface area contributed by atoms with Crippen LogP contribution in [0, 0.1) is 0 Å². The summed E-state index contributed by atoms with van der Waals surface area (Å²) in [6.45, 7) is 0. The molecule has 1 aromatic carbocycles. The van der Waals surface area contributed by atoms with E-state index in [2.05, 4.69) is 10.3 Å². The van der Waals surface area contributed by atoms with E-state index in [0.29, 0.717) is 0 Å². The average Bonchev–Trinajstić information content (AvgIpc) is 2.43. The van der Waals surface area contributed by atoms with E-state index in [4.69, 9.17) is 5.11 Å². The minimum atomic E-state index is -1.13. The number of carboxylic acids is 1. The van der Waals surface area contributed by atoms with Gasteiger partial charge < -0.3 is 25.7 Å². The number of benzene rings is 1. The van der Waals surface area contributed by atoms with Crippen LogP contribution in [0.25, 0.3) is 0 Å². The van der Waals surface area contributed by atoms with Gasteiger partial charge in [0.15, 0.2) is 0 Å². The van der Waals surface area contributed by atoms with E-state index in [-0.39, 0.29) is 29.1 Å². The zero-order valence-electron chi connectivity index (χ0n) is 11.1. The van der Waals surface area contributed by atoms with E-state index in [0.717, 1.165) is 18.3 Å². The van der Waals surface area contributed by atoms with Gasteiger partial charge in [-0.2, -0.15) is 0 Å². The van der Waals surface area contributed by atoms with Gasteiger partial charge in [-0.05, 0) is 12.1 Å². The number of nitrogens with one attached hydrogen (secondary N) is 1. The van der Waals surface area contributed by atoms with Crippen LogP contribution in [-0.2, 0) is 11.2 Å². The van der Waals surface area contributed by atoms with Crippen LogP contribution >= 0.6 is 0 Å². The molecular weight excluding hydrogens is 292 g/mol. The molecule has 0 saturated carbocycles. The quantitative estimate of drug-likeness (QED) is 0.569. The van der Waals surface area contributed by atoms with Crippen molar-refractivity contribution in [2.75, 3.05) is 5.32 Å². The van der Waals surface area contributed by atoms with Crippen molar-refractivity contribution in [1.29, 1.82) is 0 Å². The van der Waals surface area contributed by atoms with Gasteiger partial charge in [-0.15, -0.1) is 0 Å². The molecule has 8 nitrogen and oxygen atoms in total. The summed E-state index contributed by atoms with van der Waals surface area (Å²) in [6.07, 6.45) is 0.744. The molecule has 22 heavy (non-hydrogen) atoms. The second kappa shape index (κ2) is 6.00. The Balaban J connectivity index is 2.09. The number of pyridine rings is 1. The highest BCUT2D eigenvalue weighted by Gasteiger charge is 2.14. The number of phenols is 3. The Morgan fingerprint density at radius 1 is 1.09 bits per heavy atom. The first-order chi connectivity index (χ1) is 10.4. The molecule has 1 aromatic heterocycles. The molecule has 0 radical (unpaired) electrons. The molecule has 0 aliphatic heterocycles. The highest BCUT2D eigenvalue weighted by atomic mass is 16.4. The number of phenolic OH excluding ortho intramolecular Hbond substituents is 3. The van der Waals surface area contributed by atoms with Crippen LogP contribution in [0.5, 0.6) is 17.2 Å². The molecule has 0 atom stereocenters. The van der Waals surface area contributed by atoms with Gasteiger partial charge in [0, 0.05) is 23.9 Å². The monoisotopic (exact) mass is 304 g/mol. The second-order valence-corrected chi connectivity index (χ2v) is 4.42. The Labute approximate surface area is 124 Å². The number of carboxylic acid groups (broad SMARTS) is 1. The van der Waals surface area contributed by atoms with Gasteiger partial charge in [0.25, 0.3) is 0 Å². The molecule has 0 fully saturated rings. The predicted octanol–water partition coefficient (Wildman–Crippen LogP) is 1.08. The van der Waals surface area contributed by atoms with Crippen LogP contribution in [0.2, 0.25) is 0 Å². The fraction of sp³-hybridized carbons (Fsp3) is 0.0714. The molecule has 0 aliphatic carbocycles. The van der Waals surface area contributed by atoms with Crippen molar-refractivity contribution in [2.45, 2.75) is 6.42 Å². The summed E-state index contributed by atoms with van der Waals surface area (Å²) in [5, 5.41) is 39.5. The van der Waals surface area contributed by atoms with Gasteiger partial charge in [-0.1, -0.05) is 0 Å². The van der Waals surface area contributed by atoms with E-state index in [1.807, 2.05) is 0 Å². The van der Waals surface area contributed by atoms with Crippen LogP contribution in [0.15, 0.2) is 30.5 Å². The third-order valence-electron chi connectivity index (χ3n) is 2.80. The lowest BCUT2D eigenvalue weighted by Crippen LogP contribution is -2.15. The SMILES string of the molecule is O=C(Cc1c(O)cc(O)cc1O)Nc1ccc(C(=O)O)cn1. The van der Waals surface area contributed by atoms with Crippen molar-refractivity contribution in [3.8, 4) is 17.2 Å². The summed E-state index contributed by atoms with van der Waals surface area (Å²) in [4.78, 5) is 26.3. The van der Waals surface area contributed by atoms with Crippen LogP contribution in [0.3, 0.4) is 0 Å². The fourth-order valence-electron chi connectivity index (χ4n) is 1.75. The molecule has 0 bridgehead atoms. The summed E-state index contributed by atoms with van der Waals surface area (Å²) in [5.74, 6) is -2.74. The number of carbonyl (C=O) groups excluding carboxylic acids is 1. The number of hydrogen-bond acceptors (Lipinski definition) is 6. The topological polar surface area (TPSA) is 140 Å². The van der Waals surface area contributed by atoms with Crippen LogP contribution in [0.1, 0.15) is 15.9 Å². The van der Waals surface area contributed by atoms with E-state index in [1.54, 1.807) is 0 Å². The van der Waals surface area contributed by atoms with Crippen molar-refractivity contribution in [3.05, 3.63) is 41.6 Å². The summed E-state index contributed by atoms with van der Waals surface area (Å²) in [6, 6.07) is 4.60. The first-order valence-corrected chi connectivity index (χ1v) is 6.10. The molecule has 0 aliphatic rings. The third-order valence-corrected chi connectivity index (χ3v) is 2.80. The summed E-state index contributed by atoms with van der Waals surface area (Å²) in [5.41, 5.74) is -0.0655. The molecule has 114 valence electrons. The first-order valence-electron chi connectivity index (χ1n) is 6.10. The number of aromatic hydroxyl groups is 3. The molecule has 5 N–H and O–H groups in total. The zero-order valence-corrected chi connectivity index (χ0v) is 11.1. The fourth-order valence-corrected chi connectivity index (χ4v) is 1.75. The van der Waals surface area contributed by atoms with E-state index in [1.165, 1.54) is 12.1 Å². The van der Waals surface area contributed by atoms with Crippen molar-refractivity contribution in [2.24, 2.45) is 0 Å². The highest BCUT2D eigenvalue weighted by molar-refractivity contribution is 5.93. The van der Waals surface area contributed by atoms with E-state index in [9.17, 15) is 24.9 Å². The van der Waals surface area contributed by atoms with Crippen molar-refractivity contribution >= 4 is 17.7 Å². The highest BCUT2D eigenvalue weighted by Crippen LogP contribution is 2.32. The number of nitrogens with zero attached hydrogens (tertiary/aromatic N) is 1. The maximum Gasteiger partial charge on any atom is 0.337 e. The Bertz CT molecular complexity index is 704.